The highest BCUT2D eigenvalue weighted by Gasteiger charge is 2.29. The Kier molecular flexibility index (Phi) is 5.46. The minimum absolute atomic E-state index is 0.0557. The van der Waals surface area contributed by atoms with Crippen molar-refractivity contribution in [1.29, 1.82) is 0 Å². The van der Waals surface area contributed by atoms with E-state index in [-0.39, 0.29) is 11.5 Å². The molecule has 3 aromatic rings. The average molecular weight is 410 g/mol. The Balaban J connectivity index is 1.51. The molecule has 5 nitrogen and oxygen atoms in total. The maximum absolute atomic E-state index is 13.3. The SMILES string of the molecule is CC[C@@H](C(=O)N1CCN(c2cc(C)ccc2C)CC1)n1sc2ccccc2c1=O. The Labute approximate surface area is 175 Å². The topological polar surface area (TPSA) is 45.6 Å². The summed E-state index contributed by atoms with van der Waals surface area (Å²) in [7, 11) is 0. The van der Waals surface area contributed by atoms with Gasteiger partial charge in [0.15, 0.2) is 0 Å². The van der Waals surface area contributed by atoms with Gasteiger partial charge in [-0.1, -0.05) is 42.7 Å². The molecule has 1 amide bonds. The summed E-state index contributed by atoms with van der Waals surface area (Å²) in [6.07, 6.45) is 0.614. The first kappa shape index (κ1) is 19.7. The van der Waals surface area contributed by atoms with Crippen LogP contribution in [0.5, 0.6) is 0 Å². The number of carbonyl (C=O) groups excluding carboxylic acids is 1. The molecule has 1 aliphatic heterocycles. The first-order valence-electron chi connectivity index (χ1n) is 10.2. The van der Waals surface area contributed by atoms with Gasteiger partial charge in [0.2, 0.25) is 5.91 Å². The zero-order valence-electron chi connectivity index (χ0n) is 17.2. The molecular weight excluding hydrogens is 382 g/mol. The van der Waals surface area contributed by atoms with Crippen LogP contribution < -0.4 is 10.5 Å². The lowest BCUT2D eigenvalue weighted by Crippen LogP contribution is -2.51. The first-order valence-corrected chi connectivity index (χ1v) is 11.0. The van der Waals surface area contributed by atoms with Crippen LogP contribution >= 0.6 is 11.5 Å². The number of hydrogen-bond acceptors (Lipinski definition) is 4. The van der Waals surface area contributed by atoms with Crippen molar-refractivity contribution in [2.45, 2.75) is 33.2 Å². The predicted octanol–water partition coefficient (Wildman–Crippen LogP) is 3.98. The summed E-state index contributed by atoms with van der Waals surface area (Å²) >= 11 is 1.40. The number of amides is 1. The van der Waals surface area contributed by atoms with Crippen molar-refractivity contribution in [1.82, 2.24) is 8.86 Å². The number of rotatable bonds is 4. The van der Waals surface area contributed by atoms with E-state index in [4.69, 9.17) is 0 Å². The van der Waals surface area contributed by atoms with Crippen LogP contribution in [0.4, 0.5) is 5.69 Å². The van der Waals surface area contributed by atoms with Gasteiger partial charge in [-0.05, 0) is 49.6 Å². The Bertz CT molecular complexity index is 1090. The second kappa shape index (κ2) is 8.03. The van der Waals surface area contributed by atoms with E-state index in [9.17, 15) is 9.59 Å². The van der Waals surface area contributed by atoms with E-state index in [2.05, 4.69) is 36.9 Å². The fourth-order valence-corrected chi connectivity index (χ4v) is 5.23. The molecule has 0 N–H and O–H groups in total. The van der Waals surface area contributed by atoms with Gasteiger partial charge in [-0.15, -0.1) is 0 Å². The zero-order valence-corrected chi connectivity index (χ0v) is 18.0. The van der Waals surface area contributed by atoms with Crippen molar-refractivity contribution in [3.05, 3.63) is 63.9 Å². The molecule has 1 atom stereocenters. The van der Waals surface area contributed by atoms with Crippen molar-refractivity contribution < 1.29 is 4.79 Å². The molecule has 152 valence electrons. The van der Waals surface area contributed by atoms with E-state index in [1.807, 2.05) is 36.1 Å². The summed E-state index contributed by atoms with van der Waals surface area (Å²) in [5.74, 6) is 0.0572. The van der Waals surface area contributed by atoms with Gasteiger partial charge < -0.3 is 9.80 Å². The lowest BCUT2D eigenvalue weighted by atomic mass is 10.1. The number of fused-ring (bicyclic) bond motifs is 1. The van der Waals surface area contributed by atoms with Crippen LogP contribution in [0.3, 0.4) is 0 Å². The second-order valence-electron chi connectivity index (χ2n) is 7.74. The summed E-state index contributed by atoms with van der Waals surface area (Å²) in [6.45, 7) is 9.21. The molecule has 0 bridgehead atoms. The number of nitrogens with zero attached hydrogens (tertiary/aromatic N) is 3. The van der Waals surface area contributed by atoms with E-state index in [0.29, 0.717) is 24.9 Å². The Morgan fingerprint density at radius 3 is 2.48 bits per heavy atom. The van der Waals surface area contributed by atoms with Crippen LogP contribution in [0.25, 0.3) is 10.1 Å². The molecule has 2 heterocycles. The molecule has 4 rings (SSSR count). The number of aryl methyl sites for hydroxylation is 2. The van der Waals surface area contributed by atoms with E-state index in [0.717, 1.165) is 17.8 Å². The highest BCUT2D eigenvalue weighted by Crippen LogP contribution is 2.26. The number of anilines is 1. The number of aromatic nitrogens is 1. The van der Waals surface area contributed by atoms with Gasteiger partial charge >= 0.3 is 0 Å². The third-order valence-corrected chi connectivity index (χ3v) is 6.94. The lowest BCUT2D eigenvalue weighted by molar-refractivity contribution is -0.135. The molecule has 1 fully saturated rings. The molecule has 1 aromatic heterocycles. The highest BCUT2D eigenvalue weighted by atomic mass is 32.1. The fraction of sp³-hybridized carbons (Fsp3) is 0.391. The average Bonchev–Trinajstić information content (AvgIpc) is 3.07. The van der Waals surface area contributed by atoms with Crippen molar-refractivity contribution in [3.8, 4) is 0 Å². The molecule has 1 aliphatic rings. The van der Waals surface area contributed by atoms with Crippen LogP contribution in [-0.2, 0) is 4.79 Å². The number of carbonyl (C=O) groups is 1. The largest absolute Gasteiger partial charge is 0.368 e. The third kappa shape index (κ3) is 3.69. The second-order valence-corrected chi connectivity index (χ2v) is 8.76. The molecule has 0 saturated carbocycles. The number of piperazine rings is 1. The summed E-state index contributed by atoms with van der Waals surface area (Å²) in [6, 6.07) is 13.7. The van der Waals surface area contributed by atoms with E-state index < -0.39 is 6.04 Å². The van der Waals surface area contributed by atoms with Crippen LogP contribution in [0.15, 0.2) is 47.3 Å². The van der Waals surface area contributed by atoms with Crippen molar-refractivity contribution >= 4 is 33.2 Å². The van der Waals surface area contributed by atoms with Crippen molar-refractivity contribution in [2.24, 2.45) is 0 Å². The zero-order chi connectivity index (χ0) is 20.5. The van der Waals surface area contributed by atoms with Crippen LogP contribution in [-0.4, -0.2) is 40.9 Å². The molecule has 29 heavy (non-hydrogen) atoms. The summed E-state index contributed by atoms with van der Waals surface area (Å²) in [5.41, 5.74) is 3.71. The van der Waals surface area contributed by atoms with Gasteiger partial charge in [0, 0.05) is 31.9 Å². The lowest BCUT2D eigenvalue weighted by Gasteiger charge is -2.38. The summed E-state index contributed by atoms with van der Waals surface area (Å²) in [4.78, 5) is 30.4. The monoisotopic (exact) mass is 409 g/mol. The molecular formula is C23H27N3O2S. The number of benzene rings is 2. The maximum Gasteiger partial charge on any atom is 0.269 e. The van der Waals surface area contributed by atoms with Gasteiger partial charge in [0.25, 0.3) is 5.56 Å². The van der Waals surface area contributed by atoms with Gasteiger partial charge in [0.05, 0.1) is 10.1 Å². The predicted molar refractivity (Wildman–Crippen MR) is 120 cm³/mol. The normalized spacial score (nSPS) is 15.7. The Morgan fingerprint density at radius 1 is 1.07 bits per heavy atom. The quantitative estimate of drug-likeness (QED) is 0.655. The highest BCUT2D eigenvalue weighted by molar-refractivity contribution is 7.14. The molecule has 1 saturated heterocycles. The van der Waals surface area contributed by atoms with E-state index >= 15 is 0 Å². The van der Waals surface area contributed by atoms with Gasteiger partial charge in [-0.2, -0.15) is 0 Å². The third-order valence-electron chi connectivity index (χ3n) is 5.77. The summed E-state index contributed by atoms with van der Waals surface area (Å²) in [5, 5.41) is 0.698. The minimum Gasteiger partial charge on any atom is -0.368 e. The maximum atomic E-state index is 13.3. The Hall–Kier alpha value is -2.60. The van der Waals surface area contributed by atoms with E-state index in [1.54, 1.807) is 3.96 Å². The smallest absolute Gasteiger partial charge is 0.269 e. The van der Waals surface area contributed by atoms with Crippen LogP contribution in [0.1, 0.15) is 30.5 Å². The van der Waals surface area contributed by atoms with Gasteiger partial charge in [-0.3, -0.25) is 13.5 Å². The van der Waals surface area contributed by atoms with Crippen LogP contribution in [0.2, 0.25) is 0 Å². The first-order chi connectivity index (χ1) is 14.0. The standard InChI is InChI=1S/C23H27N3O2S/c1-4-19(26-22(27)18-7-5-6-8-21(18)29-26)23(28)25-13-11-24(12-14-25)20-15-16(2)9-10-17(20)3/h5-10,15,19H,4,11-14H2,1-3H3/t19-/m0/s1. The van der Waals surface area contributed by atoms with Crippen molar-refractivity contribution in [3.63, 3.8) is 0 Å². The fourth-order valence-electron chi connectivity index (χ4n) is 4.07. The number of hydrogen-bond donors (Lipinski definition) is 0. The molecule has 0 radical (unpaired) electrons. The molecule has 0 spiro atoms. The van der Waals surface area contributed by atoms with Crippen molar-refractivity contribution in [2.75, 3.05) is 31.1 Å². The Morgan fingerprint density at radius 2 is 1.79 bits per heavy atom. The minimum atomic E-state index is -0.424. The van der Waals surface area contributed by atoms with Gasteiger partial charge in [0.1, 0.15) is 6.04 Å². The summed E-state index contributed by atoms with van der Waals surface area (Å²) < 4.78 is 2.60. The van der Waals surface area contributed by atoms with Gasteiger partial charge in [-0.25, -0.2) is 0 Å². The molecule has 0 aliphatic carbocycles. The molecule has 0 unspecified atom stereocenters. The molecule has 6 heteroatoms. The van der Waals surface area contributed by atoms with Crippen LogP contribution in [0, 0.1) is 13.8 Å². The van der Waals surface area contributed by atoms with E-state index in [1.165, 1.54) is 28.3 Å². The molecule has 2 aromatic carbocycles.